The normalized spacial score (nSPS) is 14.8. The number of carbonyl (C=O) groups is 3. The number of likely N-dealkylation sites (N-methyl/N-ethyl adjacent to an activating group) is 1. The van der Waals surface area contributed by atoms with Crippen molar-refractivity contribution in [2.75, 3.05) is 45.2 Å². The summed E-state index contributed by atoms with van der Waals surface area (Å²) in [6.07, 6.45) is 0.222. The Hall–Kier alpha value is -4.29. The zero-order valence-corrected chi connectivity index (χ0v) is 23.5. The lowest BCUT2D eigenvalue weighted by molar-refractivity contribution is -0.139. The molecule has 41 heavy (non-hydrogen) atoms. The quantitative estimate of drug-likeness (QED) is 0.391. The number of sulfonamides is 1. The zero-order valence-electron chi connectivity index (χ0n) is 22.7. The van der Waals surface area contributed by atoms with Crippen LogP contribution in [-0.2, 0) is 30.8 Å². The van der Waals surface area contributed by atoms with Gasteiger partial charge in [-0.2, -0.15) is 4.31 Å². The van der Waals surface area contributed by atoms with E-state index in [1.807, 2.05) is 30.3 Å². The molecule has 3 aromatic carbocycles. The van der Waals surface area contributed by atoms with E-state index in [1.54, 1.807) is 38.4 Å². The van der Waals surface area contributed by atoms with E-state index in [9.17, 15) is 27.2 Å². The number of methoxy groups -OCH3 is 1. The Morgan fingerprint density at radius 3 is 2.37 bits per heavy atom. The van der Waals surface area contributed by atoms with Gasteiger partial charge in [0.05, 0.1) is 25.1 Å². The summed E-state index contributed by atoms with van der Waals surface area (Å²) >= 11 is 0. The van der Waals surface area contributed by atoms with Gasteiger partial charge >= 0.3 is 0 Å². The van der Waals surface area contributed by atoms with E-state index < -0.39 is 40.2 Å². The van der Waals surface area contributed by atoms with Crippen LogP contribution in [0.25, 0.3) is 0 Å². The van der Waals surface area contributed by atoms with E-state index in [-0.39, 0.29) is 36.9 Å². The minimum Gasteiger partial charge on any atom is -0.497 e. The van der Waals surface area contributed by atoms with Crippen LogP contribution in [0.2, 0.25) is 0 Å². The summed E-state index contributed by atoms with van der Waals surface area (Å²) in [5, 5.41) is 2.76. The largest absolute Gasteiger partial charge is 0.497 e. The van der Waals surface area contributed by atoms with Crippen LogP contribution in [0.5, 0.6) is 5.75 Å². The van der Waals surface area contributed by atoms with Gasteiger partial charge in [-0.25, -0.2) is 12.8 Å². The van der Waals surface area contributed by atoms with Gasteiger partial charge in [-0.15, -0.1) is 0 Å². The summed E-state index contributed by atoms with van der Waals surface area (Å²) < 4.78 is 45.5. The molecule has 0 aliphatic carbocycles. The van der Waals surface area contributed by atoms with Crippen molar-refractivity contribution in [1.29, 1.82) is 0 Å². The third kappa shape index (κ3) is 7.27. The first-order chi connectivity index (χ1) is 19.6. The summed E-state index contributed by atoms with van der Waals surface area (Å²) in [6, 6.07) is 19.8. The fourth-order valence-corrected chi connectivity index (χ4v) is 5.88. The van der Waals surface area contributed by atoms with Crippen LogP contribution in [0.4, 0.5) is 10.1 Å². The molecule has 0 aromatic heterocycles. The molecule has 3 amide bonds. The van der Waals surface area contributed by atoms with Crippen LogP contribution < -0.4 is 15.0 Å². The van der Waals surface area contributed by atoms with Crippen LogP contribution in [0.15, 0.2) is 83.8 Å². The first-order valence-corrected chi connectivity index (χ1v) is 14.3. The van der Waals surface area contributed by atoms with Gasteiger partial charge in [-0.1, -0.05) is 36.4 Å². The summed E-state index contributed by atoms with van der Waals surface area (Å²) in [7, 11) is -0.935. The second-order valence-corrected chi connectivity index (χ2v) is 11.5. The second-order valence-electron chi connectivity index (χ2n) is 9.52. The van der Waals surface area contributed by atoms with E-state index in [4.69, 9.17) is 4.74 Å². The summed E-state index contributed by atoms with van der Waals surface area (Å²) in [5.74, 6) is -1.56. The van der Waals surface area contributed by atoms with E-state index in [0.717, 1.165) is 22.0 Å². The maximum Gasteiger partial charge on any atom is 0.249 e. The lowest BCUT2D eigenvalue weighted by Crippen LogP contribution is -2.56. The number of carbonyl (C=O) groups excluding carboxylic acids is 3. The third-order valence-corrected chi connectivity index (χ3v) is 8.60. The molecule has 0 saturated carbocycles. The third-order valence-electron chi connectivity index (χ3n) is 6.76. The lowest BCUT2D eigenvalue weighted by atomic mass is 10.0. The van der Waals surface area contributed by atoms with Crippen LogP contribution >= 0.6 is 0 Å². The molecule has 1 N–H and O–H groups in total. The van der Waals surface area contributed by atoms with Gasteiger partial charge in [0.1, 0.15) is 17.6 Å². The first kappa shape index (κ1) is 29.7. The van der Waals surface area contributed by atoms with Crippen molar-refractivity contribution in [3.05, 3.63) is 90.2 Å². The molecule has 216 valence electrons. The minimum absolute atomic E-state index is 0.0378. The summed E-state index contributed by atoms with van der Waals surface area (Å²) in [4.78, 5) is 41.8. The van der Waals surface area contributed by atoms with Crippen LogP contribution in [-0.4, -0.2) is 81.7 Å². The molecule has 0 bridgehead atoms. The van der Waals surface area contributed by atoms with Gasteiger partial charge in [-0.3, -0.25) is 14.4 Å². The number of ether oxygens (including phenoxy) is 1. The molecule has 0 spiro atoms. The van der Waals surface area contributed by atoms with Crippen LogP contribution in [0.1, 0.15) is 5.56 Å². The standard InChI is InChI=1S/C29H31FN4O6S/c1-32(23-11-13-24(40-2)14-12-23)29(37)26(17-21-7-4-3-5-8-21)31-27(35)19-33-15-16-34(20-28(33)36)41(38,39)25-10-6-9-22(30)18-25/h3-14,18,26H,15-17,19-20H2,1-2H3,(H,31,35). The summed E-state index contributed by atoms with van der Waals surface area (Å²) in [6.45, 7) is -0.940. The lowest BCUT2D eigenvalue weighted by Gasteiger charge is -2.33. The Labute approximate surface area is 238 Å². The highest BCUT2D eigenvalue weighted by atomic mass is 32.2. The predicted octanol–water partition coefficient (Wildman–Crippen LogP) is 2.06. The monoisotopic (exact) mass is 582 g/mol. The molecule has 10 nitrogen and oxygen atoms in total. The molecule has 12 heteroatoms. The number of anilines is 1. The predicted molar refractivity (Wildman–Crippen MR) is 150 cm³/mol. The number of hydrogen-bond donors (Lipinski definition) is 1. The number of piperazine rings is 1. The highest BCUT2D eigenvalue weighted by Crippen LogP contribution is 2.21. The van der Waals surface area contributed by atoms with E-state index in [0.29, 0.717) is 11.4 Å². The van der Waals surface area contributed by atoms with Gasteiger partial charge in [0.15, 0.2) is 0 Å². The van der Waals surface area contributed by atoms with Gasteiger partial charge < -0.3 is 19.9 Å². The zero-order chi connectivity index (χ0) is 29.6. The second kappa shape index (κ2) is 12.9. The van der Waals surface area contributed by atoms with Crippen molar-refractivity contribution in [3.63, 3.8) is 0 Å². The minimum atomic E-state index is -4.09. The van der Waals surface area contributed by atoms with E-state index >= 15 is 0 Å². The van der Waals surface area contributed by atoms with Crippen molar-refractivity contribution in [1.82, 2.24) is 14.5 Å². The van der Waals surface area contributed by atoms with E-state index in [1.165, 1.54) is 21.9 Å². The fraction of sp³-hybridized carbons (Fsp3) is 0.276. The number of rotatable bonds is 10. The Bertz CT molecular complexity index is 1500. The smallest absolute Gasteiger partial charge is 0.249 e. The molecule has 1 aliphatic heterocycles. The Kier molecular flexibility index (Phi) is 9.35. The SMILES string of the molecule is COc1ccc(N(C)C(=O)C(Cc2ccccc2)NC(=O)CN2CCN(S(=O)(=O)c3cccc(F)c3)CC2=O)cc1. The molecule has 1 saturated heterocycles. The van der Waals surface area contributed by atoms with Crippen molar-refractivity contribution in [2.24, 2.45) is 0 Å². The molecule has 4 rings (SSSR count). The molecule has 1 fully saturated rings. The number of nitrogens with zero attached hydrogens (tertiary/aromatic N) is 3. The molecular weight excluding hydrogens is 551 g/mol. The average molecular weight is 583 g/mol. The Morgan fingerprint density at radius 2 is 1.73 bits per heavy atom. The fourth-order valence-electron chi connectivity index (χ4n) is 4.47. The average Bonchev–Trinajstić information content (AvgIpc) is 2.97. The molecule has 1 unspecified atom stereocenters. The number of nitrogens with one attached hydrogen (secondary N) is 1. The van der Waals surface area contributed by atoms with Gasteiger partial charge in [-0.05, 0) is 48.0 Å². The molecular formula is C29H31FN4O6S. The maximum atomic E-state index is 13.6. The first-order valence-electron chi connectivity index (χ1n) is 12.9. The number of amides is 3. The van der Waals surface area contributed by atoms with Crippen molar-refractivity contribution < 1.29 is 31.9 Å². The number of benzene rings is 3. The Balaban J connectivity index is 1.43. The van der Waals surface area contributed by atoms with Crippen molar-refractivity contribution in [2.45, 2.75) is 17.4 Å². The van der Waals surface area contributed by atoms with Gasteiger partial charge in [0.2, 0.25) is 27.7 Å². The van der Waals surface area contributed by atoms with Crippen LogP contribution in [0.3, 0.4) is 0 Å². The molecule has 1 heterocycles. The maximum absolute atomic E-state index is 13.6. The summed E-state index contributed by atoms with van der Waals surface area (Å²) in [5.41, 5.74) is 1.44. The van der Waals surface area contributed by atoms with Crippen molar-refractivity contribution >= 4 is 33.4 Å². The van der Waals surface area contributed by atoms with Crippen LogP contribution in [0, 0.1) is 5.82 Å². The topological polar surface area (TPSA) is 116 Å². The van der Waals surface area contributed by atoms with Crippen molar-refractivity contribution in [3.8, 4) is 5.75 Å². The number of hydrogen-bond acceptors (Lipinski definition) is 6. The molecule has 0 radical (unpaired) electrons. The molecule has 3 aromatic rings. The van der Waals surface area contributed by atoms with Gasteiger partial charge in [0.25, 0.3) is 0 Å². The molecule has 1 atom stereocenters. The highest BCUT2D eigenvalue weighted by Gasteiger charge is 2.34. The Morgan fingerprint density at radius 1 is 1.02 bits per heavy atom. The van der Waals surface area contributed by atoms with Gasteiger partial charge in [0, 0.05) is 32.2 Å². The van der Waals surface area contributed by atoms with E-state index in [2.05, 4.69) is 5.32 Å². The molecule has 1 aliphatic rings. The highest BCUT2D eigenvalue weighted by molar-refractivity contribution is 7.89. The number of halogens is 1.